The lowest BCUT2D eigenvalue weighted by Crippen LogP contribution is -2.19. The fourth-order valence-corrected chi connectivity index (χ4v) is 5.41. The summed E-state index contributed by atoms with van der Waals surface area (Å²) in [6, 6.07) is 23.2. The number of rotatable bonds is 7. The molecule has 2 N–H and O–H groups in total. The Balaban J connectivity index is 1.40. The predicted octanol–water partition coefficient (Wildman–Crippen LogP) is 8.30. The Labute approximate surface area is 222 Å². The number of benzene rings is 3. The second-order valence-corrected chi connectivity index (χ2v) is 10.5. The topological polar surface area (TPSA) is 75.6 Å². The summed E-state index contributed by atoms with van der Waals surface area (Å²) in [6.07, 6.45) is 0.0329. The van der Waals surface area contributed by atoms with Crippen molar-refractivity contribution >= 4 is 40.7 Å². The van der Waals surface area contributed by atoms with E-state index in [1.807, 2.05) is 48.5 Å². The summed E-state index contributed by atoms with van der Waals surface area (Å²) in [5.74, 6) is -0.803. The van der Waals surface area contributed by atoms with Gasteiger partial charge in [0.1, 0.15) is 6.10 Å². The molecule has 1 aliphatic carbocycles. The standard InChI is InChI=1S/C29H23ClFNO4S/c1-17(18-8-12-21(30)13-9-18)36-28(35)32-24-16-25(31)37-26(24)23-5-3-2-4-22(23)19-6-10-20(11-7-19)29(14-15-29)27(33)34/h2-13,16-17H,14-15H2,1H3,(H,32,35)(H,33,34). The van der Waals surface area contributed by atoms with Crippen LogP contribution in [0, 0.1) is 5.13 Å². The van der Waals surface area contributed by atoms with E-state index < -0.39 is 28.7 Å². The maximum absolute atomic E-state index is 14.4. The van der Waals surface area contributed by atoms with Crippen molar-refractivity contribution in [1.82, 2.24) is 0 Å². The summed E-state index contributed by atoms with van der Waals surface area (Å²) in [4.78, 5) is 24.9. The van der Waals surface area contributed by atoms with Gasteiger partial charge in [-0.05, 0) is 54.2 Å². The van der Waals surface area contributed by atoms with Gasteiger partial charge in [0.15, 0.2) is 5.13 Å². The molecule has 8 heteroatoms. The first-order chi connectivity index (χ1) is 17.8. The highest BCUT2D eigenvalue weighted by atomic mass is 35.5. The van der Waals surface area contributed by atoms with Gasteiger partial charge in [0, 0.05) is 16.7 Å². The van der Waals surface area contributed by atoms with Crippen LogP contribution in [0.3, 0.4) is 0 Å². The van der Waals surface area contributed by atoms with Crippen molar-refractivity contribution in [2.24, 2.45) is 0 Å². The van der Waals surface area contributed by atoms with E-state index in [2.05, 4.69) is 5.32 Å². The first-order valence-electron chi connectivity index (χ1n) is 11.7. The maximum atomic E-state index is 14.4. The normalized spacial score (nSPS) is 14.6. The van der Waals surface area contributed by atoms with Crippen LogP contribution in [0.4, 0.5) is 14.9 Å². The monoisotopic (exact) mass is 535 g/mol. The third-order valence-electron chi connectivity index (χ3n) is 6.64. The molecule has 5 nitrogen and oxygen atoms in total. The fourth-order valence-electron chi connectivity index (χ4n) is 4.41. The fraction of sp³-hybridized carbons (Fsp3) is 0.172. The summed E-state index contributed by atoms with van der Waals surface area (Å²) in [6.45, 7) is 1.74. The first kappa shape index (κ1) is 25.0. The van der Waals surface area contributed by atoms with Gasteiger partial charge in [-0.2, -0.15) is 4.39 Å². The number of carbonyl (C=O) groups excluding carboxylic acids is 1. The van der Waals surface area contributed by atoms with Gasteiger partial charge in [0.25, 0.3) is 0 Å². The quantitative estimate of drug-likeness (QED) is 0.249. The van der Waals surface area contributed by atoms with E-state index in [9.17, 15) is 19.1 Å². The average molecular weight is 536 g/mol. The molecular formula is C29H23ClFNO4S. The number of halogens is 2. The van der Waals surface area contributed by atoms with Gasteiger partial charge in [-0.3, -0.25) is 10.1 Å². The summed E-state index contributed by atoms with van der Waals surface area (Å²) in [7, 11) is 0. The second kappa shape index (κ2) is 10.00. The molecular weight excluding hydrogens is 513 g/mol. The Morgan fingerprint density at radius 1 is 1.03 bits per heavy atom. The van der Waals surface area contributed by atoms with Crippen molar-refractivity contribution in [3.05, 3.63) is 100 Å². The Morgan fingerprint density at radius 3 is 2.30 bits per heavy atom. The molecule has 1 heterocycles. The number of nitrogens with one attached hydrogen (secondary N) is 1. The van der Waals surface area contributed by atoms with E-state index in [-0.39, 0.29) is 0 Å². The molecule has 3 aromatic carbocycles. The number of anilines is 1. The van der Waals surface area contributed by atoms with Gasteiger partial charge in [-0.15, -0.1) is 11.3 Å². The molecule has 188 valence electrons. The highest BCUT2D eigenvalue weighted by Gasteiger charge is 2.51. The molecule has 0 spiro atoms. The third kappa shape index (κ3) is 5.10. The number of amides is 1. The van der Waals surface area contributed by atoms with Crippen molar-refractivity contribution in [3.8, 4) is 21.6 Å². The average Bonchev–Trinajstić information content (AvgIpc) is 3.63. The van der Waals surface area contributed by atoms with Crippen molar-refractivity contribution in [1.29, 1.82) is 0 Å². The molecule has 0 saturated heterocycles. The van der Waals surface area contributed by atoms with Gasteiger partial charge in [0.2, 0.25) is 0 Å². The Hall–Kier alpha value is -3.68. The van der Waals surface area contributed by atoms with Crippen LogP contribution in [-0.4, -0.2) is 17.2 Å². The molecule has 1 aromatic heterocycles. The van der Waals surface area contributed by atoms with E-state index in [0.29, 0.717) is 28.4 Å². The van der Waals surface area contributed by atoms with Gasteiger partial charge < -0.3 is 9.84 Å². The molecule has 0 radical (unpaired) electrons. The maximum Gasteiger partial charge on any atom is 0.412 e. The summed E-state index contributed by atoms with van der Waals surface area (Å²) in [5, 5.41) is 12.4. The Morgan fingerprint density at radius 2 is 1.68 bits per heavy atom. The van der Waals surface area contributed by atoms with Gasteiger partial charge >= 0.3 is 12.1 Å². The lowest BCUT2D eigenvalue weighted by Gasteiger charge is -2.16. The number of aliphatic carboxylic acids is 1. The predicted molar refractivity (Wildman–Crippen MR) is 144 cm³/mol. The zero-order valence-electron chi connectivity index (χ0n) is 19.8. The molecule has 1 atom stereocenters. The second-order valence-electron chi connectivity index (χ2n) is 9.03. The minimum atomic E-state index is -0.803. The highest BCUT2D eigenvalue weighted by Crippen LogP contribution is 2.49. The van der Waals surface area contributed by atoms with Crippen molar-refractivity contribution in [2.45, 2.75) is 31.3 Å². The smallest absolute Gasteiger partial charge is 0.412 e. The number of carbonyl (C=O) groups is 2. The number of hydrogen-bond donors (Lipinski definition) is 2. The molecule has 1 saturated carbocycles. The Kier molecular flexibility index (Phi) is 6.75. The van der Waals surface area contributed by atoms with Crippen molar-refractivity contribution in [2.75, 3.05) is 5.32 Å². The van der Waals surface area contributed by atoms with Gasteiger partial charge in [-0.1, -0.05) is 72.3 Å². The van der Waals surface area contributed by atoms with Gasteiger partial charge in [-0.25, -0.2) is 4.79 Å². The lowest BCUT2D eigenvalue weighted by atomic mass is 9.92. The zero-order valence-corrected chi connectivity index (χ0v) is 21.4. The molecule has 0 bridgehead atoms. The lowest BCUT2D eigenvalue weighted by molar-refractivity contribution is -0.140. The first-order valence-corrected chi connectivity index (χ1v) is 12.9. The summed E-state index contributed by atoms with van der Waals surface area (Å²) < 4.78 is 20.0. The zero-order chi connectivity index (χ0) is 26.2. The minimum Gasteiger partial charge on any atom is -0.481 e. The molecule has 1 aliphatic rings. The van der Waals surface area contributed by atoms with Crippen LogP contribution in [0.1, 0.15) is 37.0 Å². The van der Waals surface area contributed by atoms with Crippen molar-refractivity contribution < 1.29 is 23.8 Å². The van der Waals surface area contributed by atoms with Crippen LogP contribution in [0.5, 0.6) is 0 Å². The third-order valence-corrected chi connectivity index (χ3v) is 7.85. The van der Waals surface area contributed by atoms with Crippen LogP contribution in [-0.2, 0) is 14.9 Å². The van der Waals surface area contributed by atoms with E-state index in [1.165, 1.54) is 6.07 Å². The molecule has 1 unspecified atom stereocenters. The van der Waals surface area contributed by atoms with E-state index in [0.717, 1.165) is 39.2 Å². The molecule has 37 heavy (non-hydrogen) atoms. The summed E-state index contributed by atoms with van der Waals surface area (Å²) in [5.41, 5.74) is 3.52. The molecule has 0 aliphatic heterocycles. The number of hydrogen-bond acceptors (Lipinski definition) is 4. The van der Waals surface area contributed by atoms with Crippen LogP contribution in [0.25, 0.3) is 21.6 Å². The molecule has 1 amide bonds. The summed E-state index contributed by atoms with van der Waals surface area (Å²) >= 11 is 6.86. The van der Waals surface area contributed by atoms with Crippen LogP contribution in [0.15, 0.2) is 78.9 Å². The van der Waals surface area contributed by atoms with E-state index in [1.54, 1.807) is 31.2 Å². The van der Waals surface area contributed by atoms with E-state index in [4.69, 9.17) is 16.3 Å². The van der Waals surface area contributed by atoms with Crippen LogP contribution in [0.2, 0.25) is 5.02 Å². The van der Waals surface area contributed by atoms with Gasteiger partial charge in [0.05, 0.1) is 16.0 Å². The number of ether oxygens (including phenoxy) is 1. The molecule has 1 fully saturated rings. The highest BCUT2D eigenvalue weighted by molar-refractivity contribution is 7.14. The van der Waals surface area contributed by atoms with E-state index >= 15 is 0 Å². The largest absolute Gasteiger partial charge is 0.481 e. The SMILES string of the molecule is CC(OC(=O)Nc1cc(F)sc1-c1ccccc1-c1ccc(C2(C(=O)O)CC2)cc1)c1ccc(Cl)cc1. The van der Waals surface area contributed by atoms with Crippen molar-refractivity contribution in [3.63, 3.8) is 0 Å². The van der Waals surface area contributed by atoms with Crippen LogP contribution < -0.4 is 5.32 Å². The molecule has 5 rings (SSSR count). The number of carboxylic acids is 1. The minimum absolute atomic E-state index is 0.308. The Bertz CT molecular complexity index is 1460. The van der Waals surface area contributed by atoms with Crippen LogP contribution >= 0.6 is 22.9 Å². The molecule has 4 aromatic rings. The number of thiophene rings is 1. The number of carboxylic acid groups (broad SMARTS) is 1.